The number of hydrogen-bond acceptors (Lipinski definition) is 4. The van der Waals surface area contributed by atoms with Crippen LogP contribution in [0, 0.1) is 0 Å². The van der Waals surface area contributed by atoms with Crippen LogP contribution in [0.1, 0.15) is 30.9 Å². The maximum absolute atomic E-state index is 11.9. The number of hydrogen-bond donors (Lipinski definition) is 1. The van der Waals surface area contributed by atoms with Crippen molar-refractivity contribution in [3.05, 3.63) is 39.5 Å². The second kappa shape index (κ2) is 6.17. The van der Waals surface area contributed by atoms with Gasteiger partial charge in [-0.2, -0.15) is 0 Å². The van der Waals surface area contributed by atoms with E-state index in [0.29, 0.717) is 25.3 Å². The predicted octanol–water partition coefficient (Wildman–Crippen LogP) is 1.71. The van der Waals surface area contributed by atoms with Crippen LogP contribution in [0.2, 0.25) is 0 Å². The first-order chi connectivity index (χ1) is 9.08. The van der Waals surface area contributed by atoms with Gasteiger partial charge in [-0.05, 0) is 17.5 Å². The average molecular weight is 263 g/mol. The topological polar surface area (TPSA) is 49.8 Å². The van der Waals surface area contributed by atoms with Crippen molar-refractivity contribution in [2.24, 2.45) is 0 Å². The smallest absolute Gasteiger partial charge is 0.220 e. The highest BCUT2D eigenvalue weighted by Gasteiger charge is 2.14. The summed E-state index contributed by atoms with van der Waals surface area (Å²) in [7, 11) is 0. The van der Waals surface area contributed by atoms with Crippen molar-refractivity contribution in [2.75, 3.05) is 26.3 Å². The fourth-order valence-corrected chi connectivity index (χ4v) is 2.19. The largest absolute Gasteiger partial charge is 0.504 e. The van der Waals surface area contributed by atoms with Crippen LogP contribution in [0.15, 0.2) is 23.0 Å². The number of morpholine rings is 1. The molecular weight excluding hydrogens is 242 g/mol. The molecule has 0 amide bonds. The van der Waals surface area contributed by atoms with Crippen LogP contribution in [0.5, 0.6) is 5.75 Å². The van der Waals surface area contributed by atoms with Crippen LogP contribution in [-0.4, -0.2) is 36.3 Å². The Labute approximate surface area is 113 Å². The molecule has 1 saturated heterocycles. The molecule has 1 aliphatic rings. The van der Waals surface area contributed by atoms with Gasteiger partial charge in [0.2, 0.25) is 5.43 Å². The van der Waals surface area contributed by atoms with Crippen LogP contribution in [-0.2, 0) is 11.3 Å². The molecule has 0 aliphatic carbocycles. The molecule has 0 bridgehead atoms. The van der Waals surface area contributed by atoms with Crippen molar-refractivity contribution in [1.29, 1.82) is 0 Å². The summed E-state index contributed by atoms with van der Waals surface area (Å²) in [5, 5.41) is 10.0. The SMILES string of the molecule is CC(C)c1ccc(CN2CCOCC2)c(O)c(=O)c1. The first-order valence-electron chi connectivity index (χ1n) is 6.74. The third-order valence-corrected chi connectivity index (χ3v) is 3.48. The molecule has 104 valence electrons. The van der Waals surface area contributed by atoms with E-state index in [4.69, 9.17) is 4.74 Å². The lowest BCUT2D eigenvalue weighted by atomic mass is 10.1. The van der Waals surface area contributed by atoms with Gasteiger partial charge in [0.05, 0.1) is 13.2 Å². The minimum absolute atomic E-state index is 0.126. The molecule has 1 aliphatic heterocycles. The first-order valence-corrected chi connectivity index (χ1v) is 6.74. The molecule has 1 heterocycles. The van der Waals surface area contributed by atoms with Crippen LogP contribution in [0.4, 0.5) is 0 Å². The normalized spacial score (nSPS) is 16.8. The van der Waals surface area contributed by atoms with Gasteiger partial charge in [0.1, 0.15) is 0 Å². The third-order valence-electron chi connectivity index (χ3n) is 3.48. The summed E-state index contributed by atoms with van der Waals surface area (Å²) in [5.74, 6) is 0.147. The van der Waals surface area contributed by atoms with Crippen LogP contribution < -0.4 is 5.43 Å². The summed E-state index contributed by atoms with van der Waals surface area (Å²) in [6.45, 7) is 7.76. The van der Waals surface area contributed by atoms with Gasteiger partial charge in [0, 0.05) is 25.2 Å². The Kier molecular flexibility index (Phi) is 4.56. The Bertz CT molecular complexity index is 493. The van der Waals surface area contributed by atoms with Crippen LogP contribution in [0.25, 0.3) is 0 Å². The number of aromatic hydroxyl groups is 1. The van der Waals surface area contributed by atoms with E-state index in [1.54, 1.807) is 0 Å². The Morgan fingerprint density at radius 3 is 2.63 bits per heavy atom. The van der Waals surface area contributed by atoms with Gasteiger partial charge in [0.15, 0.2) is 5.75 Å². The fourth-order valence-electron chi connectivity index (χ4n) is 2.19. The van der Waals surface area contributed by atoms with E-state index in [0.717, 1.165) is 18.7 Å². The highest BCUT2D eigenvalue weighted by atomic mass is 16.5. The zero-order valence-corrected chi connectivity index (χ0v) is 11.6. The molecule has 1 N–H and O–H groups in total. The number of ether oxygens (including phenoxy) is 1. The monoisotopic (exact) mass is 263 g/mol. The second-order valence-corrected chi connectivity index (χ2v) is 5.26. The second-order valence-electron chi connectivity index (χ2n) is 5.26. The average Bonchev–Trinajstić information content (AvgIpc) is 2.53. The van der Waals surface area contributed by atoms with Gasteiger partial charge >= 0.3 is 0 Å². The number of rotatable bonds is 3. The predicted molar refractivity (Wildman–Crippen MR) is 74.6 cm³/mol. The molecule has 1 fully saturated rings. The van der Waals surface area contributed by atoms with Gasteiger partial charge in [-0.25, -0.2) is 0 Å². The molecule has 2 rings (SSSR count). The molecule has 0 unspecified atom stereocenters. The molecule has 19 heavy (non-hydrogen) atoms. The Morgan fingerprint density at radius 1 is 1.32 bits per heavy atom. The van der Waals surface area contributed by atoms with Crippen molar-refractivity contribution in [2.45, 2.75) is 26.3 Å². The Morgan fingerprint density at radius 2 is 2.00 bits per heavy atom. The summed E-state index contributed by atoms with van der Waals surface area (Å²) >= 11 is 0. The third kappa shape index (κ3) is 3.55. The maximum Gasteiger partial charge on any atom is 0.220 e. The van der Waals surface area contributed by atoms with Gasteiger partial charge in [0.25, 0.3) is 0 Å². The molecule has 0 radical (unpaired) electrons. The van der Waals surface area contributed by atoms with Crippen molar-refractivity contribution < 1.29 is 9.84 Å². The summed E-state index contributed by atoms with van der Waals surface area (Å²) in [4.78, 5) is 14.1. The molecule has 1 aromatic carbocycles. The summed E-state index contributed by atoms with van der Waals surface area (Å²) in [6.07, 6.45) is 0. The summed E-state index contributed by atoms with van der Waals surface area (Å²) < 4.78 is 5.29. The van der Waals surface area contributed by atoms with Gasteiger partial charge in [-0.3, -0.25) is 9.69 Å². The molecule has 4 nitrogen and oxygen atoms in total. The molecular formula is C15H21NO3. The fraction of sp³-hybridized carbons (Fsp3) is 0.533. The highest BCUT2D eigenvalue weighted by molar-refractivity contribution is 5.34. The zero-order chi connectivity index (χ0) is 13.8. The molecule has 0 atom stereocenters. The van der Waals surface area contributed by atoms with Gasteiger partial charge in [-0.15, -0.1) is 0 Å². The zero-order valence-electron chi connectivity index (χ0n) is 11.6. The Balaban J connectivity index is 2.27. The van der Waals surface area contributed by atoms with Gasteiger partial charge < -0.3 is 9.84 Å². The summed E-state index contributed by atoms with van der Waals surface area (Å²) in [5.41, 5.74) is 1.35. The lowest BCUT2D eigenvalue weighted by Crippen LogP contribution is -2.35. The van der Waals surface area contributed by atoms with Crippen molar-refractivity contribution >= 4 is 0 Å². The molecule has 0 saturated carbocycles. The maximum atomic E-state index is 11.9. The van der Waals surface area contributed by atoms with Crippen molar-refractivity contribution in [3.8, 4) is 5.75 Å². The molecule has 0 aromatic heterocycles. The van der Waals surface area contributed by atoms with Crippen molar-refractivity contribution in [3.63, 3.8) is 0 Å². The lowest BCUT2D eigenvalue weighted by molar-refractivity contribution is 0.0339. The van der Waals surface area contributed by atoms with E-state index in [2.05, 4.69) is 4.90 Å². The van der Waals surface area contributed by atoms with E-state index in [-0.39, 0.29) is 17.1 Å². The van der Waals surface area contributed by atoms with Crippen LogP contribution >= 0.6 is 0 Å². The van der Waals surface area contributed by atoms with Gasteiger partial charge in [-0.1, -0.05) is 26.0 Å². The summed E-state index contributed by atoms with van der Waals surface area (Å²) in [6, 6.07) is 5.33. The standard InChI is InChI=1S/C15H21NO3/c1-11(2)12-3-4-13(15(18)14(17)9-12)10-16-5-7-19-8-6-16/h3-4,9,11H,5-8,10H2,1-2H3,(H,17,18). The Hall–Kier alpha value is -1.39. The molecule has 1 aromatic rings. The van der Waals surface area contributed by atoms with E-state index >= 15 is 0 Å². The van der Waals surface area contributed by atoms with E-state index < -0.39 is 0 Å². The van der Waals surface area contributed by atoms with E-state index in [1.165, 1.54) is 6.07 Å². The quantitative estimate of drug-likeness (QED) is 0.902. The number of nitrogens with zero attached hydrogens (tertiary/aromatic N) is 1. The van der Waals surface area contributed by atoms with E-state index in [1.807, 2.05) is 26.0 Å². The first kappa shape index (κ1) is 14.0. The highest BCUT2D eigenvalue weighted by Crippen LogP contribution is 2.18. The van der Waals surface area contributed by atoms with Crippen molar-refractivity contribution in [1.82, 2.24) is 4.90 Å². The van der Waals surface area contributed by atoms with Crippen LogP contribution in [0.3, 0.4) is 0 Å². The van der Waals surface area contributed by atoms with E-state index in [9.17, 15) is 9.90 Å². The lowest BCUT2D eigenvalue weighted by Gasteiger charge is -2.26. The minimum atomic E-state index is -0.294. The molecule has 0 spiro atoms. The molecule has 4 heteroatoms. The minimum Gasteiger partial charge on any atom is -0.504 e.